The largest absolute Gasteiger partial charge is 0.489 e. The molecule has 26 heavy (non-hydrogen) atoms. The maximum absolute atomic E-state index is 11.9. The average Bonchev–Trinajstić information content (AvgIpc) is 2.60. The summed E-state index contributed by atoms with van der Waals surface area (Å²) in [6, 6.07) is 11.2. The number of rotatable bonds is 8. The zero-order chi connectivity index (χ0) is 18.9. The van der Waals surface area contributed by atoms with Gasteiger partial charge in [0.05, 0.1) is 10.7 Å². The van der Waals surface area contributed by atoms with Crippen LogP contribution in [-0.2, 0) is 4.79 Å². The van der Waals surface area contributed by atoms with Gasteiger partial charge in [-0.05, 0) is 52.7 Å². The Hall–Kier alpha value is -2.12. The molecule has 2 aromatic carbocycles. The second-order valence-corrected chi connectivity index (χ2v) is 7.02. The van der Waals surface area contributed by atoms with Crippen LogP contribution in [0.4, 0.5) is 0 Å². The number of nitrogens with zero attached hydrogens (tertiary/aromatic N) is 1. The molecule has 5 nitrogen and oxygen atoms in total. The molecule has 7 heteroatoms. The quantitative estimate of drug-likeness (QED) is 0.340. The van der Waals surface area contributed by atoms with Crippen LogP contribution in [-0.4, -0.2) is 25.3 Å². The molecule has 0 bridgehead atoms. The zero-order valence-electron chi connectivity index (χ0n) is 14.2. The normalized spacial score (nSPS) is 10.6. The fourth-order valence-corrected chi connectivity index (χ4v) is 3.64. The Morgan fingerprint density at radius 1 is 1.27 bits per heavy atom. The summed E-state index contributed by atoms with van der Waals surface area (Å²) in [5.41, 5.74) is 4.10. The van der Waals surface area contributed by atoms with Crippen molar-refractivity contribution in [3.05, 3.63) is 69.1 Å². The lowest BCUT2D eigenvalue weighted by Crippen LogP contribution is -2.24. The number of hydrogen-bond donors (Lipinski definition) is 1. The summed E-state index contributed by atoms with van der Waals surface area (Å²) in [6.45, 7) is 5.77. The van der Waals surface area contributed by atoms with Gasteiger partial charge >= 0.3 is 0 Å². The number of hydrogen-bond acceptors (Lipinski definition) is 4. The van der Waals surface area contributed by atoms with E-state index in [1.807, 2.05) is 43.3 Å². The van der Waals surface area contributed by atoms with Crippen LogP contribution in [0.3, 0.4) is 0 Å². The number of para-hydroxylation sites is 1. The van der Waals surface area contributed by atoms with Crippen molar-refractivity contribution >= 4 is 44.0 Å². The molecule has 0 spiro atoms. The highest BCUT2D eigenvalue weighted by Crippen LogP contribution is 2.32. The van der Waals surface area contributed by atoms with E-state index < -0.39 is 0 Å². The molecule has 2 rings (SSSR count). The maximum atomic E-state index is 11.9. The Morgan fingerprint density at radius 2 is 2.04 bits per heavy atom. The highest BCUT2D eigenvalue weighted by molar-refractivity contribution is 9.11. The van der Waals surface area contributed by atoms with E-state index in [9.17, 15) is 4.79 Å². The third kappa shape index (κ3) is 6.00. The zero-order valence-corrected chi connectivity index (χ0v) is 17.3. The van der Waals surface area contributed by atoms with E-state index in [4.69, 9.17) is 9.47 Å². The lowest BCUT2D eigenvalue weighted by Gasteiger charge is -2.11. The minimum absolute atomic E-state index is 0.146. The summed E-state index contributed by atoms with van der Waals surface area (Å²) in [6.07, 6.45) is 3.19. The lowest BCUT2D eigenvalue weighted by molar-refractivity contribution is -0.123. The van der Waals surface area contributed by atoms with E-state index in [1.165, 1.54) is 6.21 Å². The number of ether oxygens (including phenoxy) is 2. The molecule has 2 aromatic rings. The molecule has 1 amide bonds. The SMILES string of the molecule is C=CCOc1ccccc1/C=N/NC(=O)COc1c(C)cc(Br)cc1Br. The first kappa shape index (κ1) is 20.2. The fraction of sp³-hybridized carbons (Fsp3) is 0.158. The fourth-order valence-electron chi connectivity index (χ4n) is 2.08. The van der Waals surface area contributed by atoms with E-state index in [-0.39, 0.29) is 12.5 Å². The summed E-state index contributed by atoms with van der Waals surface area (Å²) >= 11 is 6.83. The minimum atomic E-state index is -0.361. The first-order chi connectivity index (χ1) is 12.5. The molecule has 0 heterocycles. The van der Waals surface area contributed by atoms with Crippen LogP contribution >= 0.6 is 31.9 Å². The highest BCUT2D eigenvalue weighted by atomic mass is 79.9. The maximum Gasteiger partial charge on any atom is 0.277 e. The highest BCUT2D eigenvalue weighted by Gasteiger charge is 2.09. The number of carbonyl (C=O) groups is 1. The number of benzene rings is 2. The molecule has 136 valence electrons. The molecule has 0 aliphatic heterocycles. The van der Waals surface area contributed by atoms with Crippen LogP contribution in [0.5, 0.6) is 11.5 Å². The third-order valence-electron chi connectivity index (χ3n) is 3.21. The van der Waals surface area contributed by atoms with Gasteiger partial charge in [0.2, 0.25) is 0 Å². The van der Waals surface area contributed by atoms with Crippen LogP contribution in [0.2, 0.25) is 0 Å². The molecule has 0 fully saturated rings. The lowest BCUT2D eigenvalue weighted by atomic mass is 10.2. The second kappa shape index (κ2) is 10.1. The number of amides is 1. The molecule has 0 aliphatic rings. The second-order valence-electron chi connectivity index (χ2n) is 5.25. The van der Waals surface area contributed by atoms with Crippen molar-refractivity contribution in [2.75, 3.05) is 13.2 Å². The van der Waals surface area contributed by atoms with Crippen LogP contribution in [0.1, 0.15) is 11.1 Å². The molecule has 0 atom stereocenters. The van der Waals surface area contributed by atoms with Crippen LogP contribution in [0.25, 0.3) is 0 Å². The summed E-state index contributed by atoms with van der Waals surface area (Å²) in [4.78, 5) is 11.9. The number of halogens is 2. The van der Waals surface area contributed by atoms with E-state index in [0.717, 1.165) is 20.1 Å². The van der Waals surface area contributed by atoms with E-state index >= 15 is 0 Å². The molecular formula is C19H18Br2N2O3. The minimum Gasteiger partial charge on any atom is -0.489 e. The number of nitrogens with one attached hydrogen (secondary N) is 1. The monoisotopic (exact) mass is 480 g/mol. The third-order valence-corrected chi connectivity index (χ3v) is 4.26. The van der Waals surface area contributed by atoms with Crippen molar-refractivity contribution < 1.29 is 14.3 Å². The van der Waals surface area contributed by atoms with Crippen LogP contribution in [0, 0.1) is 6.92 Å². The summed E-state index contributed by atoms with van der Waals surface area (Å²) in [5.74, 6) is 0.923. The van der Waals surface area contributed by atoms with Crippen LogP contribution < -0.4 is 14.9 Å². The van der Waals surface area contributed by atoms with Gasteiger partial charge in [-0.15, -0.1) is 0 Å². The molecule has 1 N–H and O–H groups in total. The molecule has 0 saturated carbocycles. The number of aryl methyl sites for hydroxylation is 1. The van der Waals surface area contributed by atoms with E-state index in [0.29, 0.717) is 18.1 Å². The van der Waals surface area contributed by atoms with Gasteiger partial charge in [0.25, 0.3) is 5.91 Å². The predicted molar refractivity (Wildman–Crippen MR) is 110 cm³/mol. The van der Waals surface area contributed by atoms with Gasteiger partial charge in [-0.1, -0.05) is 40.7 Å². The van der Waals surface area contributed by atoms with Gasteiger partial charge in [0.15, 0.2) is 6.61 Å². The molecule has 0 radical (unpaired) electrons. The first-order valence-corrected chi connectivity index (χ1v) is 9.33. The van der Waals surface area contributed by atoms with Gasteiger partial charge in [0, 0.05) is 10.0 Å². The Labute approximate surface area is 169 Å². The summed E-state index contributed by atoms with van der Waals surface area (Å²) in [5, 5.41) is 3.95. The Balaban J connectivity index is 1.91. The molecule has 0 aliphatic carbocycles. The van der Waals surface area contributed by atoms with Gasteiger partial charge < -0.3 is 9.47 Å². The average molecular weight is 482 g/mol. The molecular weight excluding hydrogens is 464 g/mol. The Morgan fingerprint density at radius 3 is 2.77 bits per heavy atom. The topological polar surface area (TPSA) is 59.9 Å². The van der Waals surface area contributed by atoms with Gasteiger partial charge in [-0.25, -0.2) is 5.43 Å². The Bertz CT molecular complexity index is 799. The molecule has 0 aromatic heterocycles. The van der Waals surface area contributed by atoms with Crippen molar-refractivity contribution in [3.8, 4) is 11.5 Å². The predicted octanol–water partition coefficient (Wildman–Crippen LogP) is 4.61. The summed E-state index contributed by atoms with van der Waals surface area (Å²) in [7, 11) is 0. The number of hydrazone groups is 1. The molecule has 0 saturated heterocycles. The van der Waals surface area contributed by atoms with Crippen molar-refractivity contribution in [1.29, 1.82) is 0 Å². The standard InChI is InChI=1S/C19H18Br2N2O3/c1-3-8-25-17-7-5-4-6-14(17)11-22-23-18(24)12-26-19-13(2)9-15(20)10-16(19)21/h3-7,9-11H,1,8,12H2,2H3,(H,23,24)/b22-11+. The van der Waals surface area contributed by atoms with Crippen molar-refractivity contribution in [2.24, 2.45) is 5.10 Å². The Kier molecular flexibility index (Phi) is 7.87. The summed E-state index contributed by atoms with van der Waals surface area (Å²) < 4.78 is 12.8. The van der Waals surface area contributed by atoms with Crippen molar-refractivity contribution in [2.45, 2.75) is 6.92 Å². The van der Waals surface area contributed by atoms with Gasteiger partial charge in [0.1, 0.15) is 18.1 Å². The van der Waals surface area contributed by atoms with Crippen molar-refractivity contribution in [3.63, 3.8) is 0 Å². The van der Waals surface area contributed by atoms with E-state index in [2.05, 4.69) is 49.0 Å². The van der Waals surface area contributed by atoms with Crippen LogP contribution in [0.15, 0.2) is 63.1 Å². The number of carbonyl (C=O) groups excluding carboxylic acids is 1. The smallest absolute Gasteiger partial charge is 0.277 e. The first-order valence-electron chi connectivity index (χ1n) is 7.74. The molecule has 0 unspecified atom stereocenters. The van der Waals surface area contributed by atoms with Gasteiger partial charge in [-0.2, -0.15) is 5.10 Å². The van der Waals surface area contributed by atoms with E-state index in [1.54, 1.807) is 6.08 Å². The van der Waals surface area contributed by atoms with Crippen molar-refractivity contribution in [1.82, 2.24) is 5.43 Å². The van der Waals surface area contributed by atoms with Gasteiger partial charge in [-0.3, -0.25) is 4.79 Å².